The lowest BCUT2D eigenvalue weighted by Crippen LogP contribution is -2.50. The number of hydrogen-bond donors (Lipinski definition) is 1. The minimum absolute atomic E-state index is 0.107. The minimum Gasteiger partial charge on any atom is -0.480 e. The predicted octanol–water partition coefficient (Wildman–Crippen LogP) is 3.04. The van der Waals surface area contributed by atoms with Gasteiger partial charge in [-0.15, -0.1) is 0 Å². The van der Waals surface area contributed by atoms with Gasteiger partial charge in [0.15, 0.2) is 11.5 Å². The molecule has 1 aliphatic rings. The van der Waals surface area contributed by atoms with Gasteiger partial charge in [0.25, 0.3) is 0 Å². The van der Waals surface area contributed by atoms with Gasteiger partial charge in [-0.3, -0.25) is 9.79 Å². The summed E-state index contributed by atoms with van der Waals surface area (Å²) < 4.78 is 81.7. The van der Waals surface area contributed by atoms with Gasteiger partial charge >= 0.3 is 0 Å². The van der Waals surface area contributed by atoms with Gasteiger partial charge in [0, 0.05) is 12.0 Å². The number of carbonyl (C=O) groups excluding carboxylic acids is 1. The number of benzene rings is 1. The summed E-state index contributed by atoms with van der Waals surface area (Å²) in [6, 6.07) is 3.55. The van der Waals surface area contributed by atoms with Crippen molar-refractivity contribution in [2.45, 2.75) is 30.5 Å². The van der Waals surface area contributed by atoms with Crippen LogP contribution in [0.25, 0.3) is 0 Å². The zero-order valence-electron chi connectivity index (χ0n) is 18.7. The summed E-state index contributed by atoms with van der Waals surface area (Å²) in [7, 11) is -2.73. The number of methoxy groups -OCH3 is 1. The van der Waals surface area contributed by atoms with Gasteiger partial charge in [-0.05, 0) is 30.5 Å². The van der Waals surface area contributed by atoms with E-state index in [2.05, 4.69) is 19.7 Å². The Morgan fingerprint density at radius 1 is 1.27 bits per heavy atom. The Bertz CT molecular complexity index is 1070. The SMILES string of the molecule is [2H]C([2H])([2H])Oc1cnc(C(=O)Cc2ccc(F)c([C@]3(CF)CC[C@](F)(CF)C(N)=N3)c2)cn1. The Morgan fingerprint density at radius 3 is 2.67 bits per heavy atom. The first-order chi connectivity index (χ1) is 15.4. The Morgan fingerprint density at radius 2 is 2.07 bits per heavy atom. The smallest absolute Gasteiger partial charge is 0.232 e. The number of aromatic nitrogens is 2. The molecule has 0 saturated carbocycles. The Kier molecular flexibility index (Phi) is 4.96. The molecule has 0 amide bonds. The molecule has 0 aliphatic carbocycles. The maximum atomic E-state index is 14.6. The molecule has 0 radical (unpaired) electrons. The number of hydrogen-bond acceptors (Lipinski definition) is 6. The van der Waals surface area contributed by atoms with Crippen LogP contribution in [0, 0.1) is 5.82 Å². The van der Waals surface area contributed by atoms with Gasteiger partial charge in [-0.25, -0.2) is 27.5 Å². The zero-order chi connectivity index (χ0) is 24.4. The standard InChI is InChI=1S/C20H20F4N4O2/c1-30-17-9-26-15(8-27-17)16(29)7-12-2-3-14(23)13(6-12)20(11-22)5-4-19(24,10-21)18(25)28-20/h2-3,6,8-9H,4-5,7,10-11H2,1H3,(H2,25,28)/t19-,20+/m0/s1/i1D3. The van der Waals surface area contributed by atoms with Gasteiger partial charge in [-0.2, -0.15) is 0 Å². The third-order valence-corrected chi connectivity index (χ3v) is 5.08. The summed E-state index contributed by atoms with van der Waals surface area (Å²) in [5.74, 6) is -2.42. The van der Waals surface area contributed by atoms with Crippen molar-refractivity contribution in [2.75, 3.05) is 20.4 Å². The molecule has 2 N–H and O–H groups in total. The first-order valence-electron chi connectivity index (χ1n) is 10.4. The Labute approximate surface area is 174 Å². The van der Waals surface area contributed by atoms with E-state index in [0.29, 0.717) is 0 Å². The first-order valence-corrected chi connectivity index (χ1v) is 8.91. The number of rotatable bonds is 7. The quantitative estimate of drug-likeness (QED) is 0.542. The molecule has 30 heavy (non-hydrogen) atoms. The molecule has 1 aromatic heterocycles. The van der Waals surface area contributed by atoms with E-state index in [1.807, 2.05) is 0 Å². The average molecular weight is 427 g/mol. The van der Waals surface area contributed by atoms with Crippen molar-refractivity contribution in [1.29, 1.82) is 0 Å². The van der Waals surface area contributed by atoms with Crippen LogP contribution in [0.4, 0.5) is 17.6 Å². The molecule has 2 atom stereocenters. The second-order valence-corrected chi connectivity index (χ2v) is 7.02. The molecule has 0 bridgehead atoms. The number of nitrogens with zero attached hydrogens (tertiary/aromatic N) is 3. The highest BCUT2D eigenvalue weighted by Crippen LogP contribution is 2.41. The van der Waals surface area contributed by atoms with E-state index in [9.17, 15) is 22.4 Å². The number of ketones is 1. The van der Waals surface area contributed by atoms with Gasteiger partial charge in [0.05, 0.1) is 23.5 Å². The highest BCUT2D eigenvalue weighted by atomic mass is 19.2. The molecular weight excluding hydrogens is 404 g/mol. The largest absolute Gasteiger partial charge is 0.480 e. The summed E-state index contributed by atoms with van der Waals surface area (Å²) in [4.78, 5) is 23.9. The molecule has 2 aromatic rings. The molecule has 6 nitrogen and oxygen atoms in total. The molecule has 0 saturated heterocycles. The van der Waals surface area contributed by atoms with Crippen molar-refractivity contribution < 1.29 is 31.2 Å². The molecule has 1 aliphatic heterocycles. The molecular formula is C20H20F4N4O2. The second-order valence-electron chi connectivity index (χ2n) is 7.02. The number of nitrogens with two attached hydrogens (primary N) is 1. The summed E-state index contributed by atoms with van der Waals surface area (Å²) in [5, 5.41) is 0. The molecule has 0 unspecified atom stereocenters. The first kappa shape index (κ1) is 17.8. The summed E-state index contributed by atoms with van der Waals surface area (Å²) in [6.45, 7) is -2.64. The van der Waals surface area contributed by atoms with Crippen LogP contribution in [-0.2, 0) is 12.0 Å². The molecule has 0 fully saturated rings. The van der Waals surface area contributed by atoms with E-state index in [1.165, 1.54) is 12.1 Å². The highest BCUT2D eigenvalue weighted by Gasteiger charge is 2.47. The van der Waals surface area contributed by atoms with Crippen LogP contribution in [-0.4, -0.2) is 47.6 Å². The van der Waals surface area contributed by atoms with E-state index in [0.717, 1.165) is 18.5 Å². The fourth-order valence-corrected chi connectivity index (χ4v) is 3.25. The van der Waals surface area contributed by atoms with Crippen LogP contribution in [0.2, 0.25) is 0 Å². The highest BCUT2D eigenvalue weighted by molar-refractivity contribution is 5.95. The summed E-state index contributed by atoms with van der Waals surface area (Å²) in [5.41, 5.74) is 1.11. The van der Waals surface area contributed by atoms with E-state index in [-0.39, 0.29) is 35.5 Å². The summed E-state index contributed by atoms with van der Waals surface area (Å²) in [6.07, 6.45) is 0.920. The van der Waals surface area contributed by atoms with Crippen LogP contribution >= 0.6 is 0 Å². The zero-order valence-corrected chi connectivity index (χ0v) is 15.7. The lowest BCUT2D eigenvalue weighted by Gasteiger charge is -2.37. The van der Waals surface area contributed by atoms with Crippen molar-refractivity contribution in [1.82, 2.24) is 9.97 Å². The fourth-order valence-electron chi connectivity index (χ4n) is 3.25. The minimum atomic E-state index is -2.73. The number of carbonyl (C=O) groups is 1. The van der Waals surface area contributed by atoms with Crippen molar-refractivity contribution >= 4 is 11.6 Å². The van der Waals surface area contributed by atoms with E-state index in [4.69, 9.17) is 9.85 Å². The summed E-state index contributed by atoms with van der Waals surface area (Å²) >= 11 is 0. The van der Waals surface area contributed by atoms with E-state index < -0.39 is 55.5 Å². The van der Waals surface area contributed by atoms with Gasteiger partial charge < -0.3 is 10.5 Å². The number of halogens is 4. The third kappa shape index (κ3) is 3.99. The molecule has 1 aromatic carbocycles. The number of amidine groups is 1. The van der Waals surface area contributed by atoms with Crippen molar-refractivity contribution in [3.63, 3.8) is 0 Å². The monoisotopic (exact) mass is 427 g/mol. The lowest BCUT2D eigenvalue weighted by atomic mass is 9.79. The molecule has 2 heterocycles. The topological polar surface area (TPSA) is 90.5 Å². The Hall–Kier alpha value is -3.04. The number of alkyl halides is 3. The van der Waals surface area contributed by atoms with Crippen molar-refractivity contribution in [2.24, 2.45) is 10.7 Å². The molecule has 160 valence electrons. The fraction of sp³-hybridized carbons (Fsp3) is 0.400. The van der Waals surface area contributed by atoms with Crippen LogP contribution < -0.4 is 10.5 Å². The Balaban J connectivity index is 1.85. The maximum Gasteiger partial charge on any atom is 0.232 e. The lowest BCUT2D eigenvalue weighted by molar-refractivity contribution is 0.0987. The molecule has 3 rings (SSSR count). The van der Waals surface area contributed by atoms with Gasteiger partial charge in [0.2, 0.25) is 5.88 Å². The molecule has 0 spiro atoms. The number of ether oxygens (including phenoxy) is 1. The van der Waals surface area contributed by atoms with Crippen LogP contribution in [0.5, 0.6) is 5.88 Å². The van der Waals surface area contributed by atoms with Gasteiger partial charge in [0.1, 0.15) is 36.2 Å². The molecule has 10 heteroatoms. The predicted molar refractivity (Wildman–Crippen MR) is 101 cm³/mol. The normalized spacial score (nSPS) is 25.6. The maximum absolute atomic E-state index is 14.6. The van der Waals surface area contributed by atoms with Crippen LogP contribution in [0.1, 0.15) is 38.6 Å². The van der Waals surface area contributed by atoms with Crippen LogP contribution in [0.15, 0.2) is 35.6 Å². The number of aliphatic imine (C=N–C) groups is 1. The van der Waals surface area contributed by atoms with Crippen LogP contribution in [0.3, 0.4) is 0 Å². The second kappa shape index (κ2) is 8.37. The van der Waals surface area contributed by atoms with Crippen molar-refractivity contribution in [3.8, 4) is 5.88 Å². The average Bonchev–Trinajstić information content (AvgIpc) is 2.76. The van der Waals surface area contributed by atoms with E-state index >= 15 is 0 Å². The van der Waals surface area contributed by atoms with Crippen molar-refractivity contribution in [3.05, 3.63) is 53.2 Å². The van der Waals surface area contributed by atoms with Gasteiger partial charge in [-0.1, -0.05) is 6.07 Å². The van der Waals surface area contributed by atoms with E-state index in [1.54, 1.807) is 0 Å². The number of Topliss-reactive ketones (excluding diaryl/α,β-unsaturated/α-hetero) is 1. The third-order valence-electron chi connectivity index (χ3n) is 5.08.